The Hall–Kier alpha value is -2.68. The molecule has 0 unspecified atom stereocenters. The molecule has 0 bridgehead atoms. The minimum absolute atomic E-state index is 0.173. The molecule has 2 aromatic rings. The Balaban J connectivity index is 2.52. The number of rotatable bonds is 4. The van der Waals surface area contributed by atoms with E-state index < -0.39 is 5.97 Å². The van der Waals surface area contributed by atoms with E-state index in [0.29, 0.717) is 23.7 Å². The molecule has 0 saturated heterocycles. The van der Waals surface area contributed by atoms with Gasteiger partial charge in [-0.2, -0.15) is 5.26 Å². The number of aromatic nitrogens is 3. The van der Waals surface area contributed by atoms with Gasteiger partial charge in [-0.3, -0.25) is 0 Å². The van der Waals surface area contributed by atoms with Crippen LogP contribution in [0.15, 0.2) is 24.3 Å². The molecule has 0 spiro atoms. The molecule has 102 valence electrons. The molecular weight excluding hydrogens is 256 g/mol. The minimum atomic E-state index is -1.00. The van der Waals surface area contributed by atoms with Gasteiger partial charge in [-0.15, -0.1) is 5.10 Å². The number of hydrogen-bond acceptors (Lipinski definition) is 4. The number of carboxylic acid groups (broad SMARTS) is 1. The maximum atomic E-state index is 11.0. The fourth-order valence-electron chi connectivity index (χ4n) is 1.94. The van der Waals surface area contributed by atoms with Crippen molar-refractivity contribution in [3.05, 3.63) is 41.2 Å². The number of benzene rings is 1. The lowest BCUT2D eigenvalue weighted by atomic mass is 10.1. The van der Waals surface area contributed by atoms with Crippen molar-refractivity contribution < 1.29 is 9.90 Å². The van der Waals surface area contributed by atoms with Gasteiger partial charge in [0.25, 0.3) is 0 Å². The zero-order valence-corrected chi connectivity index (χ0v) is 11.2. The van der Waals surface area contributed by atoms with Crippen molar-refractivity contribution in [2.24, 2.45) is 5.92 Å². The molecule has 0 aliphatic heterocycles. The van der Waals surface area contributed by atoms with Crippen molar-refractivity contribution in [3.8, 4) is 11.8 Å². The zero-order chi connectivity index (χ0) is 14.7. The minimum Gasteiger partial charge on any atom is -0.478 e. The lowest BCUT2D eigenvalue weighted by Crippen LogP contribution is -2.07. The number of carbonyl (C=O) groups is 1. The molecule has 0 radical (unpaired) electrons. The molecule has 2 rings (SSSR count). The van der Waals surface area contributed by atoms with E-state index in [9.17, 15) is 4.79 Å². The third-order valence-electron chi connectivity index (χ3n) is 2.81. The summed E-state index contributed by atoms with van der Waals surface area (Å²) in [6.07, 6.45) is 0.646. The van der Waals surface area contributed by atoms with Gasteiger partial charge in [0.05, 0.1) is 16.9 Å². The number of hydrogen-bond donors (Lipinski definition) is 1. The number of nitriles is 1. The van der Waals surface area contributed by atoms with Crippen LogP contribution in [0.1, 0.15) is 35.6 Å². The van der Waals surface area contributed by atoms with Crippen LogP contribution in [0.4, 0.5) is 0 Å². The first-order valence-corrected chi connectivity index (χ1v) is 6.21. The van der Waals surface area contributed by atoms with E-state index in [2.05, 4.69) is 10.3 Å². The second kappa shape index (κ2) is 5.53. The smallest absolute Gasteiger partial charge is 0.335 e. The Bertz CT molecular complexity index is 683. The van der Waals surface area contributed by atoms with Crippen molar-refractivity contribution in [2.75, 3.05) is 0 Å². The highest BCUT2D eigenvalue weighted by atomic mass is 16.4. The molecule has 0 saturated carbocycles. The van der Waals surface area contributed by atoms with Gasteiger partial charge in [0.2, 0.25) is 0 Å². The molecule has 20 heavy (non-hydrogen) atoms. The van der Waals surface area contributed by atoms with Gasteiger partial charge >= 0.3 is 5.97 Å². The Morgan fingerprint density at radius 1 is 1.50 bits per heavy atom. The fraction of sp³-hybridized carbons (Fsp3) is 0.286. The molecule has 6 nitrogen and oxygen atoms in total. The van der Waals surface area contributed by atoms with Crippen LogP contribution in [0.2, 0.25) is 0 Å². The highest BCUT2D eigenvalue weighted by Gasteiger charge is 2.16. The molecule has 0 atom stereocenters. The largest absolute Gasteiger partial charge is 0.478 e. The molecule has 1 aromatic heterocycles. The molecular formula is C14H14N4O2. The van der Waals surface area contributed by atoms with Gasteiger partial charge in [0, 0.05) is 0 Å². The maximum Gasteiger partial charge on any atom is 0.335 e. The highest BCUT2D eigenvalue weighted by Crippen LogP contribution is 2.17. The molecule has 0 aliphatic rings. The van der Waals surface area contributed by atoms with Crippen molar-refractivity contribution in [3.63, 3.8) is 0 Å². The molecule has 1 aromatic carbocycles. The number of aromatic carboxylic acids is 1. The van der Waals surface area contributed by atoms with E-state index in [-0.39, 0.29) is 11.3 Å². The van der Waals surface area contributed by atoms with Crippen LogP contribution in [0.25, 0.3) is 5.69 Å². The summed E-state index contributed by atoms with van der Waals surface area (Å²) in [6, 6.07) is 8.43. The average molecular weight is 270 g/mol. The highest BCUT2D eigenvalue weighted by molar-refractivity contribution is 5.88. The van der Waals surface area contributed by atoms with Crippen molar-refractivity contribution >= 4 is 5.97 Å². The monoisotopic (exact) mass is 270 g/mol. The van der Waals surface area contributed by atoms with E-state index in [1.807, 2.05) is 19.9 Å². The maximum absolute atomic E-state index is 11.0. The van der Waals surface area contributed by atoms with Gasteiger partial charge in [0.1, 0.15) is 6.07 Å². The number of carboxylic acids is 1. The lowest BCUT2D eigenvalue weighted by molar-refractivity contribution is 0.0697. The van der Waals surface area contributed by atoms with E-state index in [0.717, 1.165) is 0 Å². The first-order valence-electron chi connectivity index (χ1n) is 6.21. The van der Waals surface area contributed by atoms with Crippen LogP contribution in [0, 0.1) is 17.2 Å². The summed E-state index contributed by atoms with van der Waals surface area (Å²) >= 11 is 0. The van der Waals surface area contributed by atoms with Crippen molar-refractivity contribution in [1.82, 2.24) is 15.0 Å². The molecule has 6 heteroatoms. The Morgan fingerprint density at radius 3 is 2.85 bits per heavy atom. The van der Waals surface area contributed by atoms with Crippen molar-refractivity contribution in [1.29, 1.82) is 5.26 Å². The molecule has 0 fully saturated rings. The summed E-state index contributed by atoms with van der Waals surface area (Å²) in [7, 11) is 0. The Kier molecular flexibility index (Phi) is 3.80. The van der Waals surface area contributed by atoms with Gasteiger partial charge in [-0.25, -0.2) is 9.48 Å². The first-order chi connectivity index (χ1) is 9.52. The third kappa shape index (κ3) is 2.67. The van der Waals surface area contributed by atoms with E-state index in [4.69, 9.17) is 10.4 Å². The van der Waals surface area contributed by atoms with Crippen LogP contribution >= 0.6 is 0 Å². The third-order valence-corrected chi connectivity index (χ3v) is 2.81. The topological polar surface area (TPSA) is 91.8 Å². The van der Waals surface area contributed by atoms with E-state index in [1.54, 1.807) is 12.1 Å². The molecule has 0 aliphatic carbocycles. The van der Waals surface area contributed by atoms with Crippen LogP contribution in [0.5, 0.6) is 0 Å². The predicted molar refractivity (Wildman–Crippen MR) is 71.6 cm³/mol. The Labute approximate surface area is 116 Å². The summed E-state index contributed by atoms with van der Waals surface area (Å²) in [6.45, 7) is 4.07. The SMILES string of the molecule is CC(C)Cc1c(C#N)nnn1-c1cccc(C(=O)O)c1. The van der Waals surface area contributed by atoms with Crippen molar-refractivity contribution in [2.45, 2.75) is 20.3 Å². The quantitative estimate of drug-likeness (QED) is 0.917. The second-order valence-electron chi connectivity index (χ2n) is 4.86. The zero-order valence-electron chi connectivity index (χ0n) is 11.2. The van der Waals surface area contributed by atoms with Gasteiger partial charge in [-0.05, 0) is 30.5 Å². The molecule has 1 heterocycles. The molecule has 1 N–H and O–H groups in total. The summed E-state index contributed by atoms with van der Waals surface area (Å²) in [5.74, 6) is -0.667. The first kappa shape index (κ1) is 13.7. The average Bonchev–Trinajstić information content (AvgIpc) is 2.81. The number of nitrogens with zero attached hydrogens (tertiary/aromatic N) is 4. The summed E-state index contributed by atoms with van der Waals surface area (Å²) in [4.78, 5) is 11.0. The summed E-state index contributed by atoms with van der Waals surface area (Å²) in [5.41, 5.74) is 1.74. The van der Waals surface area contributed by atoms with Crippen LogP contribution < -0.4 is 0 Å². The van der Waals surface area contributed by atoms with Crippen LogP contribution in [0.3, 0.4) is 0 Å². The Morgan fingerprint density at radius 2 is 2.25 bits per heavy atom. The normalized spacial score (nSPS) is 10.5. The van der Waals surface area contributed by atoms with Gasteiger partial charge < -0.3 is 5.11 Å². The van der Waals surface area contributed by atoms with E-state index in [1.165, 1.54) is 16.8 Å². The van der Waals surface area contributed by atoms with E-state index >= 15 is 0 Å². The fourth-order valence-corrected chi connectivity index (χ4v) is 1.94. The molecule has 0 amide bonds. The predicted octanol–water partition coefficient (Wildman–Crippen LogP) is 2.04. The van der Waals surface area contributed by atoms with Gasteiger partial charge in [0.15, 0.2) is 5.69 Å². The summed E-state index contributed by atoms with van der Waals surface area (Å²) < 4.78 is 1.53. The summed E-state index contributed by atoms with van der Waals surface area (Å²) in [5, 5.41) is 25.9. The van der Waals surface area contributed by atoms with Crippen LogP contribution in [-0.2, 0) is 6.42 Å². The lowest BCUT2D eigenvalue weighted by Gasteiger charge is -2.09. The standard InChI is InChI=1S/C14H14N4O2/c1-9(2)6-13-12(8-15)16-17-18(13)11-5-3-4-10(7-11)14(19)20/h3-5,7,9H,6H2,1-2H3,(H,19,20). The second-order valence-corrected chi connectivity index (χ2v) is 4.86. The van der Waals surface area contributed by atoms with Crippen LogP contribution in [-0.4, -0.2) is 26.1 Å². The van der Waals surface area contributed by atoms with Gasteiger partial charge in [-0.1, -0.05) is 25.1 Å².